The molecule has 0 aliphatic carbocycles. The second-order valence-electron chi connectivity index (χ2n) is 7.34. The molecule has 1 saturated heterocycles. The molecular formula is C22H27ClO6. The summed E-state index contributed by atoms with van der Waals surface area (Å²) in [4.78, 5) is 0. The number of halogens is 1. The van der Waals surface area contributed by atoms with Gasteiger partial charge in [-0.05, 0) is 48.2 Å². The van der Waals surface area contributed by atoms with Gasteiger partial charge in [0.1, 0.15) is 17.5 Å². The number of aliphatic hydroxyl groups excluding tert-OH is 4. The van der Waals surface area contributed by atoms with Crippen LogP contribution in [-0.4, -0.2) is 58.1 Å². The van der Waals surface area contributed by atoms with Crippen molar-refractivity contribution < 1.29 is 29.9 Å². The third kappa shape index (κ3) is 4.74. The van der Waals surface area contributed by atoms with E-state index >= 15 is 0 Å². The molecule has 0 spiro atoms. The zero-order valence-corrected chi connectivity index (χ0v) is 17.0. The van der Waals surface area contributed by atoms with E-state index in [0.29, 0.717) is 18.1 Å². The Bertz CT molecular complexity index is 805. The number of rotatable bonds is 7. The van der Waals surface area contributed by atoms with Crippen molar-refractivity contribution in [1.82, 2.24) is 0 Å². The van der Waals surface area contributed by atoms with Gasteiger partial charge in [-0.2, -0.15) is 0 Å². The van der Waals surface area contributed by atoms with Crippen molar-refractivity contribution in [3.8, 4) is 5.75 Å². The molecule has 4 N–H and O–H groups in total. The molecule has 1 aliphatic rings. The molecule has 6 nitrogen and oxygen atoms in total. The van der Waals surface area contributed by atoms with Crippen molar-refractivity contribution >= 4 is 11.6 Å². The highest BCUT2D eigenvalue weighted by Crippen LogP contribution is 2.38. The molecule has 3 atom stereocenters. The first-order valence-corrected chi connectivity index (χ1v) is 10.1. The van der Waals surface area contributed by atoms with Crippen molar-refractivity contribution in [2.45, 2.75) is 43.7 Å². The van der Waals surface area contributed by atoms with Gasteiger partial charge in [-0.25, -0.2) is 0 Å². The van der Waals surface area contributed by atoms with Crippen molar-refractivity contribution in [2.75, 3.05) is 19.8 Å². The Morgan fingerprint density at radius 1 is 1.10 bits per heavy atom. The molecule has 158 valence electrons. The summed E-state index contributed by atoms with van der Waals surface area (Å²) in [6.45, 7) is 1.33. The minimum atomic E-state index is -1.61. The van der Waals surface area contributed by atoms with Gasteiger partial charge in [-0.15, -0.1) is 0 Å². The molecule has 0 aromatic heterocycles. The van der Waals surface area contributed by atoms with Crippen molar-refractivity contribution in [3.05, 3.63) is 64.2 Å². The van der Waals surface area contributed by atoms with Gasteiger partial charge in [-0.3, -0.25) is 0 Å². The quantitative estimate of drug-likeness (QED) is 0.546. The average Bonchev–Trinajstić information content (AvgIpc) is 2.73. The van der Waals surface area contributed by atoms with Gasteiger partial charge < -0.3 is 29.9 Å². The summed E-state index contributed by atoms with van der Waals surface area (Å²) in [5, 5.41) is 40.4. The molecule has 1 heterocycles. The zero-order chi connectivity index (χ0) is 21.0. The van der Waals surface area contributed by atoms with Gasteiger partial charge in [0.2, 0.25) is 0 Å². The lowest BCUT2D eigenvalue weighted by atomic mass is 9.85. The molecule has 0 radical (unpaired) electrons. The van der Waals surface area contributed by atoms with Crippen LogP contribution in [-0.2, 0) is 11.2 Å². The molecule has 29 heavy (non-hydrogen) atoms. The average molecular weight is 423 g/mol. The van der Waals surface area contributed by atoms with Crippen LogP contribution < -0.4 is 4.74 Å². The Labute approximate surface area is 175 Å². The number of hydrogen-bond acceptors (Lipinski definition) is 6. The van der Waals surface area contributed by atoms with E-state index in [0.717, 1.165) is 22.4 Å². The van der Waals surface area contributed by atoms with E-state index in [2.05, 4.69) is 0 Å². The highest BCUT2D eigenvalue weighted by molar-refractivity contribution is 6.31. The summed E-state index contributed by atoms with van der Waals surface area (Å²) in [5.41, 5.74) is 1.09. The fourth-order valence-corrected chi connectivity index (χ4v) is 3.82. The fourth-order valence-electron chi connectivity index (χ4n) is 3.64. The Kier molecular flexibility index (Phi) is 7.16. The second kappa shape index (κ2) is 9.43. The van der Waals surface area contributed by atoms with E-state index in [1.54, 1.807) is 12.1 Å². The molecule has 0 amide bonds. The smallest absolute Gasteiger partial charge is 0.143 e. The SMILES string of the molecule is CCOc1ccc(Cc2cc(C3CC(O)[C@H](O)C(CO)(CO)O3)ccc2Cl)cc1. The van der Waals surface area contributed by atoms with Crippen LogP contribution in [0.3, 0.4) is 0 Å². The van der Waals surface area contributed by atoms with Crippen LogP contribution in [0.4, 0.5) is 0 Å². The van der Waals surface area contributed by atoms with Crippen LogP contribution in [0.1, 0.15) is 36.1 Å². The number of ether oxygens (including phenoxy) is 2. The van der Waals surface area contributed by atoms with Crippen LogP contribution in [0.25, 0.3) is 0 Å². The van der Waals surface area contributed by atoms with E-state index in [1.807, 2.05) is 37.3 Å². The van der Waals surface area contributed by atoms with E-state index in [1.165, 1.54) is 0 Å². The van der Waals surface area contributed by atoms with Crippen LogP contribution in [0, 0.1) is 0 Å². The Morgan fingerprint density at radius 2 is 1.79 bits per heavy atom. The molecule has 0 saturated carbocycles. The molecular weight excluding hydrogens is 396 g/mol. The van der Waals surface area contributed by atoms with Crippen LogP contribution in [0.5, 0.6) is 5.75 Å². The lowest BCUT2D eigenvalue weighted by molar-refractivity contribution is -0.254. The van der Waals surface area contributed by atoms with Crippen molar-refractivity contribution in [3.63, 3.8) is 0 Å². The highest BCUT2D eigenvalue weighted by atomic mass is 35.5. The molecule has 1 aliphatic heterocycles. The molecule has 7 heteroatoms. The number of aliphatic hydroxyl groups is 4. The minimum Gasteiger partial charge on any atom is -0.494 e. The first-order chi connectivity index (χ1) is 13.9. The van der Waals surface area contributed by atoms with Crippen molar-refractivity contribution in [2.24, 2.45) is 0 Å². The van der Waals surface area contributed by atoms with Gasteiger partial charge in [0.05, 0.1) is 32.0 Å². The van der Waals surface area contributed by atoms with Gasteiger partial charge in [0.15, 0.2) is 0 Å². The molecule has 2 unspecified atom stereocenters. The summed E-state index contributed by atoms with van der Waals surface area (Å²) >= 11 is 6.39. The Morgan fingerprint density at radius 3 is 2.41 bits per heavy atom. The monoisotopic (exact) mass is 422 g/mol. The summed E-state index contributed by atoms with van der Waals surface area (Å²) in [5.74, 6) is 0.809. The Balaban J connectivity index is 1.83. The van der Waals surface area contributed by atoms with E-state index < -0.39 is 37.1 Å². The van der Waals surface area contributed by atoms with E-state index in [-0.39, 0.29) is 6.42 Å². The molecule has 1 fully saturated rings. The lowest BCUT2D eigenvalue weighted by Gasteiger charge is -2.45. The maximum Gasteiger partial charge on any atom is 0.143 e. The summed E-state index contributed by atoms with van der Waals surface area (Å²) in [6.07, 6.45) is -2.35. The Hall–Kier alpha value is -1.67. The largest absolute Gasteiger partial charge is 0.494 e. The first kappa shape index (κ1) is 22.0. The van der Waals surface area contributed by atoms with E-state index in [4.69, 9.17) is 21.1 Å². The van der Waals surface area contributed by atoms with Crippen molar-refractivity contribution in [1.29, 1.82) is 0 Å². The summed E-state index contributed by atoms with van der Waals surface area (Å²) < 4.78 is 11.3. The standard InChI is InChI=1S/C22H27ClO6/c1-2-28-17-6-3-14(4-7-17)9-16-10-15(5-8-18(16)23)20-11-19(26)21(27)22(12-24,13-25)29-20/h3-8,10,19-21,24-27H,2,9,11-13H2,1H3/t19?,20?,21-/m0/s1. The third-order valence-corrected chi connectivity index (χ3v) is 5.71. The maximum atomic E-state index is 10.2. The fraction of sp³-hybridized carbons (Fsp3) is 0.455. The third-order valence-electron chi connectivity index (χ3n) is 5.34. The van der Waals surface area contributed by atoms with Crippen LogP contribution >= 0.6 is 11.6 Å². The molecule has 3 rings (SSSR count). The van der Waals surface area contributed by atoms with E-state index in [9.17, 15) is 20.4 Å². The van der Waals surface area contributed by atoms with Gasteiger partial charge >= 0.3 is 0 Å². The van der Waals surface area contributed by atoms with Gasteiger partial charge in [0, 0.05) is 11.4 Å². The second-order valence-corrected chi connectivity index (χ2v) is 7.75. The maximum absolute atomic E-state index is 10.2. The van der Waals surface area contributed by atoms with Gasteiger partial charge in [-0.1, -0.05) is 35.9 Å². The minimum absolute atomic E-state index is 0.146. The number of benzene rings is 2. The highest BCUT2D eigenvalue weighted by Gasteiger charge is 2.49. The summed E-state index contributed by atoms with van der Waals surface area (Å²) in [6, 6.07) is 13.2. The lowest BCUT2D eigenvalue weighted by Crippen LogP contribution is -2.60. The predicted octanol–water partition coefficient (Wildman–Crippen LogP) is 2.24. The molecule has 2 aromatic carbocycles. The molecule has 0 bridgehead atoms. The van der Waals surface area contributed by atoms with Crippen LogP contribution in [0.15, 0.2) is 42.5 Å². The molecule has 2 aromatic rings. The predicted molar refractivity (Wildman–Crippen MR) is 109 cm³/mol. The zero-order valence-electron chi connectivity index (χ0n) is 16.3. The number of hydrogen-bond donors (Lipinski definition) is 4. The summed E-state index contributed by atoms with van der Waals surface area (Å²) in [7, 11) is 0. The normalized spacial score (nSPS) is 23.7. The topological polar surface area (TPSA) is 99.4 Å². The first-order valence-electron chi connectivity index (χ1n) is 9.68. The van der Waals surface area contributed by atoms with Crippen LogP contribution in [0.2, 0.25) is 5.02 Å². The van der Waals surface area contributed by atoms with Gasteiger partial charge in [0.25, 0.3) is 0 Å².